The van der Waals surface area contributed by atoms with Gasteiger partial charge in [-0.05, 0) is 25.0 Å². The molecule has 2 aromatic heterocycles. The van der Waals surface area contributed by atoms with Crippen molar-refractivity contribution in [2.45, 2.75) is 31.8 Å². The quantitative estimate of drug-likeness (QED) is 0.765. The molecule has 1 fully saturated rings. The Morgan fingerprint density at radius 3 is 3.00 bits per heavy atom. The van der Waals surface area contributed by atoms with Gasteiger partial charge in [0.25, 0.3) is 0 Å². The zero-order chi connectivity index (χ0) is 17.4. The normalized spacial score (nSPS) is 20.5. The summed E-state index contributed by atoms with van der Waals surface area (Å²) in [5.74, 6) is 0.860. The van der Waals surface area contributed by atoms with Crippen LogP contribution in [0.5, 0.6) is 0 Å². The highest BCUT2D eigenvalue weighted by atomic mass is 16.1. The highest BCUT2D eigenvalue weighted by Crippen LogP contribution is 2.29. The lowest BCUT2D eigenvalue weighted by molar-refractivity contribution is -0.123. The second-order valence-corrected chi connectivity index (χ2v) is 6.48. The topological polar surface area (TPSA) is 84.7 Å². The first-order chi connectivity index (χ1) is 12.1. The van der Waals surface area contributed by atoms with Crippen molar-refractivity contribution in [2.24, 2.45) is 7.05 Å². The van der Waals surface area contributed by atoms with Crippen LogP contribution in [0.3, 0.4) is 0 Å². The van der Waals surface area contributed by atoms with Crippen molar-refractivity contribution in [3.63, 3.8) is 0 Å². The molecule has 0 unspecified atom stereocenters. The molecule has 3 heterocycles. The van der Waals surface area contributed by atoms with Crippen LogP contribution in [0, 0.1) is 6.92 Å². The van der Waals surface area contributed by atoms with Crippen LogP contribution in [-0.4, -0.2) is 31.7 Å². The van der Waals surface area contributed by atoms with Crippen molar-refractivity contribution in [3.05, 3.63) is 48.0 Å². The highest BCUT2D eigenvalue weighted by Gasteiger charge is 2.31. The maximum absolute atomic E-state index is 11.9. The molecule has 0 aliphatic carbocycles. The van der Waals surface area contributed by atoms with E-state index in [1.165, 1.54) is 0 Å². The average Bonchev–Trinajstić information content (AvgIpc) is 3.04. The molecule has 4 rings (SSSR count). The Morgan fingerprint density at radius 2 is 2.20 bits per heavy atom. The van der Waals surface area contributed by atoms with E-state index >= 15 is 0 Å². The van der Waals surface area contributed by atoms with E-state index in [1.807, 2.05) is 38.4 Å². The Morgan fingerprint density at radius 1 is 1.32 bits per heavy atom. The molecule has 3 aromatic rings. The summed E-state index contributed by atoms with van der Waals surface area (Å²) in [6.07, 6.45) is 6.55. The molecule has 25 heavy (non-hydrogen) atoms. The van der Waals surface area contributed by atoms with Gasteiger partial charge in [0, 0.05) is 30.6 Å². The van der Waals surface area contributed by atoms with E-state index in [-0.39, 0.29) is 18.0 Å². The van der Waals surface area contributed by atoms with E-state index in [0.717, 1.165) is 34.3 Å². The zero-order valence-corrected chi connectivity index (χ0v) is 14.2. The lowest BCUT2D eigenvalue weighted by atomic mass is 9.93. The van der Waals surface area contributed by atoms with Gasteiger partial charge in [0.1, 0.15) is 12.1 Å². The molecule has 128 valence electrons. The van der Waals surface area contributed by atoms with Crippen LogP contribution >= 0.6 is 0 Å². The number of aryl methyl sites for hydroxylation is 2. The van der Waals surface area contributed by atoms with Crippen molar-refractivity contribution in [1.82, 2.24) is 25.1 Å². The van der Waals surface area contributed by atoms with Crippen LogP contribution in [0.15, 0.2) is 36.9 Å². The summed E-state index contributed by atoms with van der Waals surface area (Å²) >= 11 is 0. The monoisotopic (exact) mass is 336 g/mol. The van der Waals surface area contributed by atoms with E-state index in [1.54, 1.807) is 17.2 Å². The summed E-state index contributed by atoms with van der Waals surface area (Å²) in [6, 6.07) is 5.97. The van der Waals surface area contributed by atoms with Gasteiger partial charge < -0.3 is 10.6 Å². The minimum atomic E-state index is -0.134. The molecule has 1 aromatic carbocycles. The van der Waals surface area contributed by atoms with Crippen molar-refractivity contribution in [1.29, 1.82) is 0 Å². The molecule has 1 amide bonds. The number of carbonyl (C=O) groups is 1. The molecule has 0 saturated carbocycles. The summed E-state index contributed by atoms with van der Waals surface area (Å²) in [5, 5.41) is 11.8. The third kappa shape index (κ3) is 2.93. The lowest BCUT2D eigenvalue weighted by Gasteiger charge is -2.32. The number of hydrogen-bond donors (Lipinski definition) is 2. The SMILES string of the molecule is Cc1cccc2c(N[C@@H]3CCC(=O)N[C@H]3c3cnn(C)c3)ncnc12. The Bertz CT molecular complexity index is 934. The maximum Gasteiger partial charge on any atom is 0.220 e. The molecule has 0 bridgehead atoms. The number of nitrogens with one attached hydrogen (secondary N) is 2. The van der Waals surface area contributed by atoms with Crippen LogP contribution < -0.4 is 10.6 Å². The van der Waals surface area contributed by atoms with Crippen LogP contribution in [0.25, 0.3) is 10.9 Å². The smallest absolute Gasteiger partial charge is 0.220 e. The maximum atomic E-state index is 11.9. The molecule has 7 nitrogen and oxygen atoms in total. The van der Waals surface area contributed by atoms with Gasteiger partial charge in [-0.3, -0.25) is 9.48 Å². The molecule has 1 saturated heterocycles. The van der Waals surface area contributed by atoms with Crippen LogP contribution in [-0.2, 0) is 11.8 Å². The number of amides is 1. The molecule has 0 radical (unpaired) electrons. The van der Waals surface area contributed by atoms with Gasteiger partial charge in [-0.1, -0.05) is 12.1 Å². The molecule has 1 aliphatic heterocycles. The number of rotatable bonds is 3. The third-order valence-electron chi connectivity index (χ3n) is 4.67. The summed E-state index contributed by atoms with van der Waals surface area (Å²) in [5.41, 5.74) is 3.05. The first-order valence-electron chi connectivity index (χ1n) is 8.36. The Labute approximate surface area is 145 Å². The summed E-state index contributed by atoms with van der Waals surface area (Å²) in [7, 11) is 1.87. The third-order valence-corrected chi connectivity index (χ3v) is 4.67. The fraction of sp³-hybridized carbons (Fsp3) is 0.333. The first kappa shape index (κ1) is 15.6. The van der Waals surface area contributed by atoms with Gasteiger partial charge in [-0.25, -0.2) is 9.97 Å². The minimum Gasteiger partial charge on any atom is -0.364 e. The van der Waals surface area contributed by atoms with Gasteiger partial charge in [0.2, 0.25) is 5.91 Å². The number of anilines is 1. The van der Waals surface area contributed by atoms with E-state index in [0.29, 0.717) is 6.42 Å². The first-order valence-corrected chi connectivity index (χ1v) is 8.36. The predicted molar refractivity (Wildman–Crippen MR) is 95.0 cm³/mol. The summed E-state index contributed by atoms with van der Waals surface area (Å²) in [4.78, 5) is 20.7. The Balaban J connectivity index is 1.69. The fourth-order valence-electron chi connectivity index (χ4n) is 3.40. The molecular formula is C18H20N6O. The van der Waals surface area contributed by atoms with Crippen molar-refractivity contribution in [2.75, 3.05) is 5.32 Å². The van der Waals surface area contributed by atoms with Crippen molar-refractivity contribution in [3.8, 4) is 0 Å². The lowest BCUT2D eigenvalue weighted by Crippen LogP contribution is -2.45. The largest absolute Gasteiger partial charge is 0.364 e. The number of nitrogens with zero attached hydrogens (tertiary/aromatic N) is 4. The molecular weight excluding hydrogens is 316 g/mol. The molecule has 2 N–H and O–H groups in total. The number of benzene rings is 1. The van der Waals surface area contributed by atoms with Gasteiger partial charge in [0.15, 0.2) is 0 Å². The predicted octanol–water partition coefficient (Wildman–Crippen LogP) is 2.10. The standard InChI is InChI=1S/C18H20N6O/c1-11-4-3-5-13-16(11)19-10-20-18(13)22-14-6-7-15(25)23-17(14)12-8-21-24(2)9-12/h3-5,8-10,14,17H,6-7H2,1-2H3,(H,23,25)(H,19,20,22)/t14-,17+/m1/s1. The van der Waals surface area contributed by atoms with E-state index in [4.69, 9.17) is 0 Å². The summed E-state index contributed by atoms with van der Waals surface area (Å²) < 4.78 is 1.75. The van der Waals surface area contributed by atoms with Gasteiger partial charge in [0.05, 0.1) is 23.8 Å². The van der Waals surface area contributed by atoms with Crippen LogP contribution in [0.4, 0.5) is 5.82 Å². The van der Waals surface area contributed by atoms with E-state index < -0.39 is 0 Å². The van der Waals surface area contributed by atoms with E-state index in [9.17, 15) is 4.79 Å². The van der Waals surface area contributed by atoms with Gasteiger partial charge in [-0.15, -0.1) is 0 Å². The zero-order valence-electron chi connectivity index (χ0n) is 14.2. The minimum absolute atomic E-state index is 0.0421. The van der Waals surface area contributed by atoms with Crippen LogP contribution in [0.1, 0.15) is 30.0 Å². The number of aromatic nitrogens is 4. The average molecular weight is 336 g/mol. The molecule has 1 aliphatic rings. The second-order valence-electron chi connectivity index (χ2n) is 6.48. The molecule has 0 spiro atoms. The summed E-state index contributed by atoms with van der Waals surface area (Å²) in [6.45, 7) is 2.04. The Kier molecular flexibility index (Phi) is 3.83. The van der Waals surface area contributed by atoms with Crippen LogP contribution in [0.2, 0.25) is 0 Å². The number of carbonyl (C=O) groups excluding carboxylic acids is 1. The number of hydrogen-bond acceptors (Lipinski definition) is 5. The number of piperidine rings is 1. The highest BCUT2D eigenvalue weighted by molar-refractivity contribution is 5.91. The van der Waals surface area contributed by atoms with Gasteiger partial charge in [-0.2, -0.15) is 5.10 Å². The number of fused-ring (bicyclic) bond motifs is 1. The number of para-hydroxylation sites is 1. The Hall–Kier alpha value is -2.96. The van der Waals surface area contributed by atoms with E-state index in [2.05, 4.69) is 25.7 Å². The van der Waals surface area contributed by atoms with Crippen molar-refractivity contribution >= 4 is 22.6 Å². The fourth-order valence-corrected chi connectivity index (χ4v) is 3.40. The van der Waals surface area contributed by atoms with Gasteiger partial charge >= 0.3 is 0 Å². The van der Waals surface area contributed by atoms with Crippen molar-refractivity contribution < 1.29 is 4.79 Å². The molecule has 2 atom stereocenters. The molecule has 7 heteroatoms. The second kappa shape index (κ2) is 6.16.